The largest absolute Gasteiger partial charge is 0.462 e. The van der Waals surface area contributed by atoms with Gasteiger partial charge in [-0.1, -0.05) is 0 Å². The van der Waals surface area contributed by atoms with Crippen molar-refractivity contribution in [3.63, 3.8) is 0 Å². The third-order valence-corrected chi connectivity index (χ3v) is 5.62. The second-order valence-corrected chi connectivity index (χ2v) is 7.34. The van der Waals surface area contributed by atoms with Gasteiger partial charge in [0.05, 0.1) is 12.0 Å². The Morgan fingerprint density at radius 3 is 2.65 bits per heavy atom. The number of hydrogen-bond donors (Lipinski definition) is 1. The molecule has 1 N–H and O–H groups in total. The predicted octanol–water partition coefficient (Wildman–Crippen LogP) is 2.91. The van der Waals surface area contributed by atoms with Gasteiger partial charge in [0.25, 0.3) is 0 Å². The van der Waals surface area contributed by atoms with Crippen molar-refractivity contribution in [3.8, 4) is 0 Å². The number of nitrogens with zero attached hydrogens (tertiary/aromatic N) is 3. The minimum absolute atomic E-state index is 0.172. The molecule has 1 aliphatic rings. The fourth-order valence-corrected chi connectivity index (χ4v) is 4.30. The van der Waals surface area contributed by atoms with Crippen LogP contribution in [0.3, 0.4) is 0 Å². The Balaban J connectivity index is 1.78. The van der Waals surface area contributed by atoms with Crippen molar-refractivity contribution < 1.29 is 14.3 Å². The number of nitrogens with one attached hydrogen (secondary N) is 1. The Morgan fingerprint density at radius 2 is 1.96 bits per heavy atom. The molecule has 0 bridgehead atoms. The molecule has 8 heteroatoms. The summed E-state index contributed by atoms with van der Waals surface area (Å²) in [5, 5.41) is 4.09. The van der Waals surface area contributed by atoms with Crippen LogP contribution < -0.4 is 5.32 Å². The number of rotatable bonds is 6. The van der Waals surface area contributed by atoms with Gasteiger partial charge in [0, 0.05) is 26.1 Å². The first-order valence-corrected chi connectivity index (χ1v) is 9.79. The Morgan fingerprint density at radius 1 is 1.23 bits per heavy atom. The monoisotopic (exact) mass is 376 g/mol. The fraction of sp³-hybridized carbons (Fsp3) is 0.556. The van der Waals surface area contributed by atoms with E-state index in [0.717, 1.165) is 41.7 Å². The van der Waals surface area contributed by atoms with Gasteiger partial charge in [-0.05, 0) is 39.2 Å². The number of thiophene rings is 1. The minimum Gasteiger partial charge on any atom is -0.462 e. The molecule has 0 aromatic carbocycles. The lowest BCUT2D eigenvalue weighted by molar-refractivity contribution is -0.129. The molecule has 0 radical (unpaired) electrons. The molecule has 1 saturated heterocycles. The maximum absolute atomic E-state index is 12.2. The van der Waals surface area contributed by atoms with Gasteiger partial charge in [0.2, 0.25) is 5.91 Å². The van der Waals surface area contributed by atoms with E-state index in [4.69, 9.17) is 4.74 Å². The Labute approximate surface area is 156 Å². The topological polar surface area (TPSA) is 84.4 Å². The highest BCUT2D eigenvalue weighted by Crippen LogP contribution is 2.34. The summed E-state index contributed by atoms with van der Waals surface area (Å²) in [4.78, 5) is 36.5. The zero-order valence-corrected chi connectivity index (χ0v) is 16.2. The quantitative estimate of drug-likeness (QED) is 0.781. The molecular formula is C18H24N4O3S. The standard InChI is InChI=1S/C18H24N4O3S/c1-4-25-18(24)15-11(2)14-16(20-12(3)21-17(14)26-15)19-8-7-13(23)22-9-5-6-10-22/h4-10H2,1-3H3,(H,19,20,21). The molecule has 1 aliphatic heterocycles. The molecule has 2 aromatic heterocycles. The maximum Gasteiger partial charge on any atom is 0.348 e. The lowest BCUT2D eigenvalue weighted by Gasteiger charge is -2.15. The summed E-state index contributed by atoms with van der Waals surface area (Å²) >= 11 is 1.32. The van der Waals surface area contributed by atoms with Crippen molar-refractivity contribution in [3.05, 3.63) is 16.3 Å². The van der Waals surface area contributed by atoms with Gasteiger partial charge in [0.15, 0.2) is 0 Å². The third kappa shape index (κ3) is 3.80. The van der Waals surface area contributed by atoms with Gasteiger partial charge in [-0.25, -0.2) is 14.8 Å². The fourth-order valence-electron chi connectivity index (χ4n) is 3.18. The molecule has 0 saturated carbocycles. The van der Waals surface area contributed by atoms with Crippen LogP contribution in [0.2, 0.25) is 0 Å². The van der Waals surface area contributed by atoms with E-state index in [1.807, 2.05) is 18.7 Å². The molecule has 0 aliphatic carbocycles. The lowest BCUT2D eigenvalue weighted by atomic mass is 10.2. The van der Waals surface area contributed by atoms with E-state index in [-0.39, 0.29) is 11.9 Å². The average molecular weight is 376 g/mol. The van der Waals surface area contributed by atoms with Crippen LogP contribution in [0.15, 0.2) is 0 Å². The molecule has 26 heavy (non-hydrogen) atoms. The Hall–Kier alpha value is -2.22. The van der Waals surface area contributed by atoms with Crippen LogP contribution >= 0.6 is 11.3 Å². The van der Waals surface area contributed by atoms with E-state index in [0.29, 0.717) is 36.1 Å². The first-order chi connectivity index (χ1) is 12.5. The number of fused-ring (bicyclic) bond motifs is 1. The average Bonchev–Trinajstić information content (AvgIpc) is 3.23. The number of aryl methyl sites for hydroxylation is 2. The molecule has 1 fully saturated rings. The second kappa shape index (κ2) is 7.99. The first-order valence-electron chi connectivity index (χ1n) is 8.97. The summed E-state index contributed by atoms with van der Waals surface area (Å²) < 4.78 is 5.13. The number of aromatic nitrogens is 2. The highest BCUT2D eigenvalue weighted by molar-refractivity contribution is 7.20. The summed E-state index contributed by atoms with van der Waals surface area (Å²) in [5.74, 6) is 1.14. The summed E-state index contributed by atoms with van der Waals surface area (Å²) in [6.07, 6.45) is 2.61. The van der Waals surface area contributed by atoms with Crippen molar-refractivity contribution in [2.45, 2.75) is 40.0 Å². The molecule has 140 valence electrons. The van der Waals surface area contributed by atoms with Gasteiger partial charge in [-0.3, -0.25) is 4.79 Å². The van der Waals surface area contributed by atoms with E-state index in [2.05, 4.69) is 15.3 Å². The molecule has 3 rings (SSSR count). The molecular weight excluding hydrogens is 352 g/mol. The van der Waals surface area contributed by atoms with E-state index in [1.54, 1.807) is 6.92 Å². The number of carbonyl (C=O) groups excluding carboxylic acids is 2. The van der Waals surface area contributed by atoms with E-state index >= 15 is 0 Å². The minimum atomic E-state index is -0.333. The Kier molecular flexibility index (Phi) is 5.70. The highest BCUT2D eigenvalue weighted by atomic mass is 32.1. The van der Waals surface area contributed by atoms with Crippen molar-refractivity contribution in [1.29, 1.82) is 0 Å². The summed E-state index contributed by atoms with van der Waals surface area (Å²) in [7, 11) is 0. The number of anilines is 1. The molecule has 1 amide bonds. The zero-order valence-electron chi connectivity index (χ0n) is 15.4. The van der Waals surface area contributed by atoms with Gasteiger partial charge < -0.3 is 15.0 Å². The van der Waals surface area contributed by atoms with Crippen LogP contribution in [-0.2, 0) is 9.53 Å². The molecule has 0 unspecified atom stereocenters. The number of carbonyl (C=O) groups is 2. The highest BCUT2D eigenvalue weighted by Gasteiger charge is 2.21. The molecule has 0 atom stereocenters. The number of ether oxygens (including phenoxy) is 1. The van der Waals surface area contributed by atoms with Gasteiger partial charge in [0.1, 0.15) is 21.3 Å². The second-order valence-electron chi connectivity index (χ2n) is 6.34. The zero-order chi connectivity index (χ0) is 18.7. The SMILES string of the molecule is CCOC(=O)c1sc2nc(C)nc(NCCC(=O)N3CCCC3)c2c1C. The first kappa shape index (κ1) is 18.6. The number of likely N-dealkylation sites (tertiary alicyclic amines) is 1. The summed E-state index contributed by atoms with van der Waals surface area (Å²) in [6, 6.07) is 0. The number of esters is 1. The van der Waals surface area contributed by atoms with E-state index in [1.165, 1.54) is 11.3 Å². The van der Waals surface area contributed by atoms with Gasteiger partial charge >= 0.3 is 5.97 Å². The third-order valence-electron chi connectivity index (χ3n) is 4.45. The molecule has 7 nitrogen and oxygen atoms in total. The Bertz CT molecular complexity index is 827. The van der Waals surface area contributed by atoms with Crippen molar-refractivity contribution >= 4 is 39.2 Å². The van der Waals surface area contributed by atoms with Gasteiger partial charge in [-0.15, -0.1) is 11.3 Å². The van der Waals surface area contributed by atoms with E-state index < -0.39 is 0 Å². The van der Waals surface area contributed by atoms with Crippen molar-refractivity contribution in [1.82, 2.24) is 14.9 Å². The van der Waals surface area contributed by atoms with Crippen molar-refractivity contribution in [2.24, 2.45) is 0 Å². The van der Waals surface area contributed by atoms with E-state index in [9.17, 15) is 9.59 Å². The van der Waals surface area contributed by atoms with Crippen LogP contribution in [0, 0.1) is 13.8 Å². The van der Waals surface area contributed by atoms with Crippen LogP contribution in [0.1, 0.15) is 47.2 Å². The van der Waals surface area contributed by atoms with Crippen LogP contribution in [0.4, 0.5) is 5.82 Å². The molecule has 3 heterocycles. The summed E-state index contributed by atoms with van der Waals surface area (Å²) in [5.41, 5.74) is 0.816. The maximum atomic E-state index is 12.2. The number of amides is 1. The van der Waals surface area contributed by atoms with Gasteiger partial charge in [-0.2, -0.15) is 0 Å². The van der Waals surface area contributed by atoms with Crippen LogP contribution in [0.5, 0.6) is 0 Å². The normalized spacial score (nSPS) is 14.0. The number of hydrogen-bond acceptors (Lipinski definition) is 7. The lowest BCUT2D eigenvalue weighted by Crippen LogP contribution is -2.29. The molecule has 0 spiro atoms. The smallest absolute Gasteiger partial charge is 0.348 e. The summed E-state index contributed by atoms with van der Waals surface area (Å²) in [6.45, 7) is 8.05. The van der Waals surface area contributed by atoms with Crippen LogP contribution in [-0.4, -0.2) is 53.0 Å². The van der Waals surface area contributed by atoms with Crippen LogP contribution in [0.25, 0.3) is 10.2 Å². The van der Waals surface area contributed by atoms with Crippen molar-refractivity contribution in [2.75, 3.05) is 31.6 Å². The molecule has 2 aromatic rings. The predicted molar refractivity (Wildman–Crippen MR) is 102 cm³/mol.